The van der Waals surface area contributed by atoms with Gasteiger partial charge in [-0.05, 0) is 25.5 Å². The summed E-state index contributed by atoms with van der Waals surface area (Å²) in [7, 11) is 1.50. The zero-order valence-corrected chi connectivity index (χ0v) is 10.6. The lowest BCUT2D eigenvalue weighted by Gasteiger charge is -2.11. The van der Waals surface area contributed by atoms with Gasteiger partial charge in [-0.25, -0.2) is 4.98 Å². The van der Waals surface area contributed by atoms with Crippen molar-refractivity contribution in [2.45, 2.75) is 13.8 Å². The van der Waals surface area contributed by atoms with Crippen LogP contribution in [0, 0.1) is 13.8 Å². The molecule has 0 unspecified atom stereocenters. The fourth-order valence-corrected chi connectivity index (χ4v) is 1.65. The van der Waals surface area contributed by atoms with E-state index in [4.69, 9.17) is 15.2 Å². The molecule has 0 bridgehead atoms. The fraction of sp³-hybridized carbons (Fsp3) is 0.231. The van der Waals surface area contributed by atoms with E-state index in [1.165, 1.54) is 19.0 Å². The molecule has 0 radical (unpaired) electrons. The first-order chi connectivity index (χ1) is 8.61. The quantitative estimate of drug-likeness (QED) is 0.899. The summed E-state index contributed by atoms with van der Waals surface area (Å²) in [4.78, 5) is 7.88. The average molecular weight is 245 g/mol. The summed E-state index contributed by atoms with van der Waals surface area (Å²) >= 11 is 0. The van der Waals surface area contributed by atoms with Crippen LogP contribution in [0.2, 0.25) is 0 Å². The Hall–Kier alpha value is -2.30. The molecule has 0 atom stereocenters. The maximum absolute atomic E-state index is 5.71. The number of nitrogens with zero attached hydrogens (tertiary/aromatic N) is 2. The minimum Gasteiger partial charge on any atom is -0.489 e. The fourth-order valence-electron chi connectivity index (χ4n) is 1.65. The molecule has 5 heteroatoms. The van der Waals surface area contributed by atoms with E-state index in [2.05, 4.69) is 9.97 Å². The van der Waals surface area contributed by atoms with E-state index in [-0.39, 0.29) is 5.82 Å². The highest BCUT2D eigenvalue weighted by Crippen LogP contribution is 2.33. The Morgan fingerprint density at radius 2 is 1.94 bits per heavy atom. The van der Waals surface area contributed by atoms with Gasteiger partial charge in [0.2, 0.25) is 5.75 Å². The number of rotatable bonds is 3. The third-order valence-corrected chi connectivity index (χ3v) is 2.54. The van der Waals surface area contributed by atoms with Gasteiger partial charge in [0, 0.05) is 0 Å². The van der Waals surface area contributed by atoms with Crippen molar-refractivity contribution in [1.29, 1.82) is 0 Å². The van der Waals surface area contributed by atoms with Crippen LogP contribution in [0.15, 0.2) is 24.5 Å². The minimum atomic E-state index is 0.257. The second-order valence-corrected chi connectivity index (χ2v) is 3.97. The second kappa shape index (κ2) is 4.91. The molecule has 1 heterocycles. The zero-order chi connectivity index (χ0) is 13.1. The molecule has 2 N–H and O–H groups in total. The van der Waals surface area contributed by atoms with Crippen LogP contribution in [-0.4, -0.2) is 17.1 Å². The molecule has 2 aromatic rings. The molecule has 0 aliphatic heterocycles. The smallest absolute Gasteiger partial charge is 0.268 e. The van der Waals surface area contributed by atoms with Crippen molar-refractivity contribution >= 4 is 5.82 Å². The molecule has 0 amide bonds. The zero-order valence-electron chi connectivity index (χ0n) is 10.6. The van der Waals surface area contributed by atoms with Crippen molar-refractivity contribution in [2.24, 2.45) is 0 Å². The standard InChI is InChI=1S/C13H15N3O2/c1-8-4-5-10(9(2)6-8)18-13-11(17-3)12(14)15-7-16-13/h4-7H,1-3H3,(H2,14,15,16). The Kier molecular flexibility index (Phi) is 3.32. The van der Waals surface area contributed by atoms with E-state index in [1.807, 2.05) is 32.0 Å². The lowest BCUT2D eigenvalue weighted by molar-refractivity contribution is 0.368. The summed E-state index contributed by atoms with van der Waals surface area (Å²) < 4.78 is 10.8. The van der Waals surface area contributed by atoms with Crippen LogP contribution in [0.4, 0.5) is 5.82 Å². The predicted molar refractivity (Wildman–Crippen MR) is 69.0 cm³/mol. The number of nitrogens with two attached hydrogens (primary N) is 1. The summed E-state index contributed by atoms with van der Waals surface area (Å²) in [6.45, 7) is 4.00. The van der Waals surface area contributed by atoms with Crippen LogP contribution in [0.1, 0.15) is 11.1 Å². The van der Waals surface area contributed by atoms with Crippen LogP contribution < -0.4 is 15.2 Å². The van der Waals surface area contributed by atoms with Crippen molar-refractivity contribution in [1.82, 2.24) is 9.97 Å². The molecule has 2 rings (SSSR count). The molecule has 18 heavy (non-hydrogen) atoms. The van der Waals surface area contributed by atoms with Crippen molar-refractivity contribution in [2.75, 3.05) is 12.8 Å². The first-order valence-corrected chi connectivity index (χ1v) is 5.51. The first-order valence-electron chi connectivity index (χ1n) is 5.51. The number of ether oxygens (including phenoxy) is 2. The molecule has 0 saturated carbocycles. The van der Waals surface area contributed by atoms with Gasteiger partial charge in [-0.15, -0.1) is 0 Å². The minimum absolute atomic E-state index is 0.257. The highest BCUT2D eigenvalue weighted by Gasteiger charge is 2.12. The Morgan fingerprint density at radius 1 is 1.17 bits per heavy atom. The van der Waals surface area contributed by atoms with Crippen LogP contribution in [0.25, 0.3) is 0 Å². The molecule has 5 nitrogen and oxygen atoms in total. The summed E-state index contributed by atoms with van der Waals surface area (Å²) in [5.74, 6) is 1.64. The van der Waals surface area contributed by atoms with Gasteiger partial charge in [0.05, 0.1) is 7.11 Å². The van der Waals surface area contributed by atoms with Crippen molar-refractivity contribution in [3.63, 3.8) is 0 Å². The summed E-state index contributed by atoms with van der Waals surface area (Å²) in [6.07, 6.45) is 1.34. The van der Waals surface area contributed by atoms with Gasteiger partial charge < -0.3 is 15.2 Å². The number of methoxy groups -OCH3 is 1. The topological polar surface area (TPSA) is 70.3 Å². The SMILES string of the molecule is COc1c(N)ncnc1Oc1ccc(C)cc1C. The molecular formula is C13H15N3O2. The molecule has 0 fully saturated rings. The maximum atomic E-state index is 5.71. The second-order valence-electron chi connectivity index (χ2n) is 3.97. The van der Waals surface area contributed by atoms with Gasteiger partial charge in [0.25, 0.3) is 5.88 Å². The maximum Gasteiger partial charge on any atom is 0.268 e. The number of nitrogen functional groups attached to an aromatic ring is 1. The van der Waals surface area contributed by atoms with Gasteiger partial charge in [-0.2, -0.15) is 4.98 Å². The molecule has 0 saturated heterocycles. The lowest BCUT2D eigenvalue weighted by Crippen LogP contribution is -2.00. The van der Waals surface area contributed by atoms with E-state index in [0.29, 0.717) is 11.6 Å². The van der Waals surface area contributed by atoms with Crippen molar-refractivity contribution in [3.05, 3.63) is 35.7 Å². The Labute approximate surface area is 106 Å². The third-order valence-electron chi connectivity index (χ3n) is 2.54. The van der Waals surface area contributed by atoms with E-state index in [1.54, 1.807) is 0 Å². The van der Waals surface area contributed by atoms with Crippen LogP contribution in [0.5, 0.6) is 17.4 Å². The van der Waals surface area contributed by atoms with Gasteiger partial charge in [0.1, 0.15) is 12.1 Å². The van der Waals surface area contributed by atoms with Crippen LogP contribution >= 0.6 is 0 Å². The molecular weight excluding hydrogens is 230 g/mol. The predicted octanol–water partition coefficient (Wildman–Crippen LogP) is 2.48. The molecule has 0 spiro atoms. The highest BCUT2D eigenvalue weighted by atomic mass is 16.5. The molecule has 1 aromatic carbocycles. The lowest BCUT2D eigenvalue weighted by atomic mass is 10.1. The largest absolute Gasteiger partial charge is 0.489 e. The van der Waals surface area contributed by atoms with Gasteiger partial charge in [-0.1, -0.05) is 17.7 Å². The number of anilines is 1. The number of hydrogen-bond donors (Lipinski definition) is 1. The van der Waals surface area contributed by atoms with E-state index in [9.17, 15) is 0 Å². The Bertz CT molecular complexity index is 570. The Morgan fingerprint density at radius 3 is 2.61 bits per heavy atom. The molecule has 0 aliphatic carbocycles. The molecule has 94 valence electrons. The highest BCUT2D eigenvalue weighted by molar-refractivity contribution is 5.53. The molecule has 1 aromatic heterocycles. The summed E-state index contributed by atoms with van der Waals surface area (Å²) in [6, 6.07) is 5.90. The number of hydrogen-bond acceptors (Lipinski definition) is 5. The first kappa shape index (κ1) is 12.2. The van der Waals surface area contributed by atoms with Crippen molar-refractivity contribution < 1.29 is 9.47 Å². The molecule has 0 aliphatic rings. The van der Waals surface area contributed by atoms with Crippen molar-refractivity contribution in [3.8, 4) is 17.4 Å². The third kappa shape index (κ3) is 2.34. The number of aryl methyl sites for hydroxylation is 2. The van der Waals surface area contributed by atoms with Gasteiger partial charge in [-0.3, -0.25) is 0 Å². The summed E-state index contributed by atoms with van der Waals surface area (Å²) in [5, 5.41) is 0. The number of aromatic nitrogens is 2. The summed E-state index contributed by atoms with van der Waals surface area (Å²) in [5.41, 5.74) is 7.89. The van der Waals surface area contributed by atoms with Crippen LogP contribution in [0.3, 0.4) is 0 Å². The van der Waals surface area contributed by atoms with Gasteiger partial charge >= 0.3 is 0 Å². The van der Waals surface area contributed by atoms with E-state index in [0.717, 1.165) is 11.3 Å². The van der Waals surface area contributed by atoms with E-state index < -0.39 is 0 Å². The Balaban J connectivity index is 2.37. The average Bonchev–Trinajstić information content (AvgIpc) is 2.33. The van der Waals surface area contributed by atoms with Crippen LogP contribution in [-0.2, 0) is 0 Å². The van der Waals surface area contributed by atoms with E-state index >= 15 is 0 Å². The van der Waals surface area contributed by atoms with Gasteiger partial charge in [0.15, 0.2) is 5.82 Å². The normalized spacial score (nSPS) is 10.2. The number of benzene rings is 1. The monoisotopic (exact) mass is 245 g/mol.